The van der Waals surface area contributed by atoms with E-state index in [4.69, 9.17) is 5.11 Å². The first-order chi connectivity index (χ1) is 7.09. The van der Waals surface area contributed by atoms with Crippen LogP contribution in [0.2, 0.25) is 0 Å². The van der Waals surface area contributed by atoms with Crippen molar-refractivity contribution >= 4 is 17.7 Å². The van der Waals surface area contributed by atoms with Gasteiger partial charge in [0, 0.05) is 22.8 Å². The maximum absolute atomic E-state index is 10.8. The van der Waals surface area contributed by atoms with Crippen molar-refractivity contribution in [2.45, 2.75) is 31.3 Å². The predicted octanol–water partition coefficient (Wildman–Crippen LogP) is 1.72. The van der Waals surface area contributed by atoms with Crippen LogP contribution in [0.1, 0.15) is 35.6 Å². The minimum Gasteiger partial charge on any atom is -0.481 e. The molecule has 1 unspecified atom stereocenters. The molecule has 1 aromatic heterocycles. The zero-order valence-electron chi connectivity index (χ0n) is 8.65. The molecule has 0 bridgehead atoms. The Morgan fingerprint density at radius 3 is 2.87 bits per heavy atom. The third kappa shape index (κ3) is 1.84. The van der Waals surface area contributed by atoms with E-state index in [9.17, 15) is 4.79 Å². The van der Waals surface area contributed by atoms with Gasteiger partial charge in [-0.05, 0) is 13.8 Å². The summed E-state index contributed by atoms with van der Waals surface area (Å²) in [6.45, 7) is 3.54. The lowest BCUT2D eigenvalue weighted by Crippen LogP contribution is -2.13. The third-order valence-electron chi connectivity index (χ3n) is 2.56. The molecule has 15 heavy (non-hydrogen) atoms. The van der Waals surface area contributed by atoms with E-state index in [1.807, 2.05) is 6.92 Å². The van der Waals surface area contributed by atoms with Crippen molar-refractivity contribution in [3.8, 4) is 0 Å². The lowest BCUT2D eigenvalue weighted by molar-refractivity contribution is -0.138. The molecule has 0 spiro atoms. The van der Waals surface area contributed by atoms with Gasteiger partial charge in [-0.25, -0.2) is 9.97 Å². The number of aromatic nitrogens is 2. The van der Waals surface area contributed by atoms with Gasteiger partial charge in [-0.1, -0.05) is 0 Å². The second kappa shape index (κ2) is 3.81. The highest BCUT2D eigenvalue weighted by Crippen LogP contribution is 2.30. The summed E-state index contributed by atoms with van der Waals surface area (Å²) in [5.74, 6) is 0.752. The average Bonchev–Trinajstić information content (AvgIpc) is 2.64. The zero-order chi connectivity index (χ0) is 11.0. The molecule has 1 aliphatic rings. The number of thioether (sulfide) groups is 1. The van der Waals surface area contributed by atoms with Gasteiger partial charge < -0.3 is 5.11 Å². The maximum Gasteiger partial charge on any atom is 0.313 e. The fourth-order valence-corrected chi connectivity index (χ4v) is 2.65. The normalized spacial score (nSPS) is 16.1. The number of hydrogen-bond acceptors (Lipinski definition) is 4. The number of aliphatic carboxylic acids is 1. The summed E-state index contributed by atoms with van der Waals surface area (Å²) in [7, 11) is 0. The highest BCUT2D eigenvalue weighted by atomic mass is 32.2. The van der Waals surface area contributed by atoms with Gasteiger partial charge in [0.05, 0.1) is 5.69 Å². The van der Waals surface area contributed by atoms with Crippen LogP contribution in [0.4, 0.5) is 0 Å². The topological polar surface area (TPSA) is 63.1 Å². The standard InChI is InChI=1S/C10H12N2O2S/c1-5(10(13)14)9-11-6(2)7-3-15-4-8(7)12-9/h5H,3-4H2,1-2H3,(H,13,14). The Bertz CT molecular complexity index is 420. The van der Waals surface area contributed by atoms with E-state index in [0.717, 1.165) is 22.9 Å². The van der Waals surface area contributed by atoms with Gasteiger partial charge in [0.1, 0.15) is 11.7 Å². The number of carboxylic acids is 1. The molecule has 1 N–H and O–H groups in total. The molecule has 1 aliphatic heterocycles. The van der Waals surface area contributed by atoms with Gasteiger partial charge in [-0.3, -0.25) is 4.79 Å². The summed E-state index contributed by atoms with van der Waals surface area (Å²) in [6, 6.07) is 0. The van der Waals surface area contributed by atoms with Crippen LogP contribution in [0.25, 0.3) is 0 Å². The molecule has 0 amide bonds. The fraction of sp³-hybridized carbons (Fsp3) is 0.500. The Kier molecular flexibility index (Phi) is 2.65. The van der Waals surface area contributed by atoms with Crippen molar-refractivity contribution in [3.63, 3.8) is 0 Å². The van der Waals surface area contributed by atoms with Crippen LogP contribution in [0, 0.1) is 6.92 Å². The number of nitrogens with zero attached hydrogens (tertiary/aromatic N) is 2. The molecule has 0 saturated heterocycles. The molecule has 1 atom stereocenters. The summed E-state index contributed by atoms with van der Waals surface area (Å²) in [5.41, 5.74) is 3.12. The van der Waals surface area contributed by atoms with Crippen molar-refractivity contribution in [2.24, 2.45) is 0 Å². The summed E-state index contributed by atoms with van der Waals surface area (Å²) in [6.07, 6.45) is 0. The Balaban J connectivity index is 2.43. The Labute approximate surface area is 92.1 Å². The number of aryl methyl sites for hydroxylation is 1. The highest BCUT2D eigenvalue weighted by molar-refractivity contribution is 7.98. The van der Waals surface area contributed by atoms with Crippen LogP contribution in [-0.4, -0.2) is 21.0 Å². The smallest absolute Gasteiger partial charge is 0.313 e. The van der Waals surface area contributed by atoms with Gasteiger partial charge >= 0.3 is 5.97 Å². The minimum atomic E-state index is -0.875. The van der Waals surface area contributed by atoms with Gasteiger partial charge in [-0.15, -0.1) is 0 Å². The Hall–Kier alpha value is -1.10. The van der Waals surface area contributed by atoms with Gasteiger partial charge in [0.15, 0.2) is 0 Å². The molecular weight excluding hydrogens is 212 g/mol. The van der Waals surface area contributed by atoms with Crippen molar-refractivity contribution in [1.82, 2.24) is 9.97 Å². The van der Waals surface area contributed by atoms with Gasteiger partial charge in [0.25, 0.3) is 0 Å². The first kappa shape index (κ1) is 10.4. The van der Waals surface area contributed by atoms with Crippen LogP contribution in [-0.2, 0) is 16.3 Å². The van der Waals surface area contributed by atoms with Crippen molar-refractivity contribution in [2.75, 3.05) is 0 Å². The number of carbonyl (C=O) groups is 1. The van der Waals surface area contributed by atoms with Crippen LogP contribution in [0.15, 0.2) is 0 Å². The highest BCUT2D eigenvalue weighted by Gasteiger charge is 2.22. The number of hydrogen-bond donors (Lipinski definition) is 1. The first-order valence-electron chi connectivity index (χ1n) is 4.76. The van der Waals surface area contributed by atoms with E-state index >= 15 is 0 Å². The molecule has 1 aromatic rings. The number of carboxylic acid groups (broad SMARTS) is 1. The average molecular weight is 224 g/mol. The van der Waals surface area contributed by atoms with E-state index in [2.05, 4.69) is 9.97 Å². The van der Waals surface area contributed by atoms with Crippen LogP contribution >= 0.6 is 11.8 Å². The molecule has 0 fully saturated rings. The molecule has 0 saturated carbocycles. The summed E-state index contributed by atoms with van der Waals surface area (Å²) in [5, 5.41) is 8.89. The van der Waals surface area contributed by atoms with E-state index in [1.54, 1.807) is 18.7 Å². The molecule has 2 heterocycles. The number of fused-ring (bicyclic) bond motifs is 1. The minimum absolute atomic E-state index is 0.432. The molecule has 2 rings (SSSR count). The summed E-state index contributed by atoms with van der Waals surface area (Å²) >= 11 is 1.80. The third-order valence-corrected chi connectivity index (χ3v) is 3.53. The molecule has 80 valence electrons. The molecule has 4 nitrogen and oxygen atoms in total. The van der Waals surface area contributed by atoms with Crippen molar-refractivity contribution < 1.29 is 9.90 Å². The van der Waals surface area contributed by atoms with E-state index < -0.39 is 11.9 Å². The lowest BCUT2D eigenvalue weighted by atomic mass is 10.1. The van der Waals surface area contributed by atoms with Crippen LogP contribution < -0.4 is 0 Å². The second-order valence-corrected chi connectivity index (χ2v) is 4.63. The van der Waals surface area contributed by atoms with Crippen LogP contribution in [0.3, 0.4) is 0 Å². The fourth-order valence-electron chi connectivity index (χ4n) is 1.54. The Morgan fingerprint density at radius 2 is 2.20 bits per heavy atom. The van der Waals surface area contributed by atoms with E-state index in [0.29, 0.717) is 5.82 Å². The molecule has 5 heteroatoms. The monoisotopic (exact) mass is 224 g/mol. The molecule has 0 aromatic carbocycles. The maximum atomic E-state index is 10.8. The SMILES string of the molecule is Cc1nc(C(C)C(=O)O)nc2c1CSC2. The number of rotatable bonds is 2. The largest absolute Gasteiger partial charge is 0.481 e. The quantitative estimate of drug-likeness (QED) is 0.828. The summed E-state index contributed by atoms with van der Waals surface area (Å²) < 4.78 is 0. The molecule has 0 radical (unpaired) electrons. The second-order valence-electron chi connectivity index (χ2n) is 3.65. The molecule has 0 aliphatic carbocycles. The first-order valence-corrected chi connectivity index (χ1v) is 5.92. The van der Waals surface area contributed by atoms with E-state index in [1.165, 1.54) is 5.56 Å². The zero-order valence-corrected chi connectivity index (χ0v) is 9.47. The lowest BCUT2D eigenvalue weighted by Gasteiger charge is -2.08. The Morgan fingerprint density at radius 1 is 1.47 bits per heavy atom. The molecular formula is C10H12N2O2S. The predicted molar refractivity (Wildman–Crippen MR) is 57.8 cm³/mol. The van der Waals surface area contributed by atoms with E-state index in [-0.39, 0.29) is 0 Å². The van der Waals surface area contributed by atoms with Crippen molar-refractivity contribution in [3.05, 3.63) is 22.8 Å². The van der Waals surface area contributed by atoms with Crippen LogP contribution in [0.5, 0.6) is 0 Å². The summed E-state index contributed by atoms with van der Waals surface area (Å²) in [4.78, 5) is 19.4. The van der Waals surface area contributed by atoms with Gasteiger partial charge in [-0.2, -0.15) is 11.8 Å². The van der Waals surface area contributed by atoms with Gasteiger partial charge in [0.2, 0.25) is 0 Å². The van der Waals surface area contributed by atoms with Crippen molar-refractivity contribution in [1.29, 1.82) is 0 Å².